The monoisotopic (exact) mass is 548 g/mol. The van der Waals surface area contributed by atoms with Crippen LogP contribution in [-0.4, -0.2) is 70.4 Å². The van der Waals surface area contributed by atoms with Gasteiger partial charge in [-0.1, -0.05) is 67.8 Å². The number of amides is 2. The third-order valence-electron chi connectivity index (χ3n) is 8.38. The van der Waals surface area contributed by atoms with Gasteiger partial charge >= 0.3 is 18.2 Å². The average Bonchev–Trinajstić information content (AvgIpc) is 3.50. The fourth-order valence-corrected chi connectivity index (χ4v) is 6.49. The van der Waals surface area contributed by atoms with E-state index in [1.54, 1.807) is 4.90 Å². The number of carbonyl (C=O) groups is 3. The molecule has 8 nitrogen and oxygen atoms in total. The van der Waals surface area contributed by atoms with Crippen LogP contribution in [-0.2, 0) is 14.3 Å². The Kier molecular flexibility index (Phi) is 8.06. The molecule has 1 aliphatic heterocycles. The SMILES string of the molecule is CC(C)(C)OC(=O)N(CC1CCCCC1)[C@H]1C[C@@H](C(=O)O)N(C(=O)OCC2c3ccccc3-c3ccccc32)C1. The predicted octanol–water partition coefficient (Wildman–Crippen LogP) is 6.28. The van der Waals surface area contributed by atoms with Gasteiger partial charge in [0.2, 0.25) is 0 Å². The summed E-state index contributed by atoms with van der Waals surface area (Å²) in [4.78, 5) is 42.0. The van der Waals surface area contributed by atoms with E-state index in [-0.39, 0.29) is 25.5 Å². The Morgan fingerprint density at radius 2 is 1.55 bits per heavy atom. The fraction of sp³-hybridized carbons (Fsp3) is 0.531. The first-order chi connectivity index (χ1) is 19.1. The fourth-order valence-electron chi connectivity index (χ4n) is 6.49. The molecule has 2 aromatic rings. The highest BCUT2D eigenvalue weighted by molar-refractivity contribution is 5.82. The van der Waals surface area contributed by atoms with Gasteiger partial charge in [0.05, 0.1) is 6.04 Å². The molecule has 2 aromatic carbocycles. The highest BCUT2D eigenvalue weighted by Gasteiger charge is 2.45. The van der Waals surface area contributed by atoms with Crippen LogP contribution in [0.1, 0.15) is 76.3 Å². The van der Waals surface area contributed by atoms with E-state index in [2.05, 4.69) is 12.1 Å². The van der Waals surface area contributed by atoms with E-state index < -0.39 is 35.8 Å². The Bertz CT molecular complexity index is 1200. The zero-order valence-corrected chi connectivity index (χ0v) is 23.7. The Morgan fingerprint density at radius 1 is 0.950 bits per heavy atom. The molecule has 1 saturated heterocycles. The number of fused-ring (bicyclic) bond motifs is 3. The number of carboxylic acid groups (broad SMARTS) is 1. The molecule has 2 atom stereocenters. The number of hydrogen-bond donors (Lipinski definition) is 1. The van der Waals surface area contributed by atoms with Crippen molar-refractivity contribution in [3.05, 3.63) is 59.7 Å². The summed E-state index contributed by atoms with van der Waals surface area (Å²) in [6.45, 7) is 6.17. The van der Waals surface area contributed by atoms with E-state index in [0.717, 1.165) is 47.9 Å². The summed E-state index contributed by atoms with van der Waals surface area (Å²) < 4.78 is 11.5. The van der Waals surface area contributed by atoms with Gasteiger partial charge in [0.15, 0.2) is 0 Å². The Balaban J connectivity index is 1.31. The van der Waals surface area contributed by atoms with Crippen molar-refractivity contribution in [2.24, 2.45) is 5.92 Å². The van der Waals surface area contributed by atoms with E-state index in [0.29, 0.717) is 12.5 Å². The van der Waals surface area contributed by atoms with Crippen molar-refractivity contribution >= 4 is 18.2 Å². The van der Waals surface area contributed by atoms with Crippen molar-refractivity contribution in [1.82, 2.24) is 9.80 Å². The van der Waals surface area contributed by atoms with Gasteiger partial charge in [0.25, 0.3) is 0 Å². The van der Waals surface area contributed by atoms with Crippen molar-refractivity contribution < 1.29 is 29.0 Å². The minimum atomic E-state index is -1.10. The maximum absolute atomic E-state index is 13.4. The molecular weight excluding hydrogens is 508 g/mol. The lowest BCUT2D eigenvalue weighted by molar-refractivity contribution is -0.141. The van der Waals surface area contributed by atoms with Crippen LogP contribution >= 0.6 is 0 Å². The van der Waals surface area contributed by atoms with Crippen molar-refractivity contribution in [3.63, 3.8) is 0 Å². The highest BCUT2D eigenvalue weighted by Crippen LogP contribution is 2.44. The van der Waals surface area contributed by atoms with Gasteiger partial charge in [-0.05, 0) is 61.8 Å². The molecule has 1 heterocycles. The number of likely N-dealkylation sites (tertiary alicyclic amines) is 1. The molecule has 0 radical (unpaired) electrons. The lowest BCUT2D eigenvalue weighted by Crippen LogP contribution is -2.47. The molecule has 2 fully saturated rings. The smallest absolute Gasteiger partial charge is 0.410 e. The quantitative estimate of drug-likeness (QED) is 0.456. The van der Waals surface area contributed by atoms with Gasteiger partial charge in [-0.15, -0.1) is 0 Å². The maximum atomic E-state index is 13.4. The molecule has 214 valence electrons. The van der Waals surface area contributed by atoms with Crippen LogP contribution in [0.15, 0.2) is 48.5 Å². The topological polar surface area (TPSA) is 96.4 Å². The third-order valence-corrected chi connectivity index (χ3v) is 8.38. The molecule has 0 unspecified atom stereocenters. The number of carbonyl (C=O) groups excluding carboxylic acids is 2. The Labute approximate surface area is 236 Å². The summed E-state index contributed by atoms with van der Waals surface area (Å²) in [6.07, 6.45) is 4.53. The van der Waals surface area contributed by atoms with Crippen LogP contribution in [0.2, 0.25) is 0 Å². The van der Waals surface area contributed by atoms with Crippen LogP contribution in [0.25, 0.3) is 11.1 Å². The number of rotatable bonds is 6. The molecule has 0 spiro atoms. The summed E-state index contributed by atoms with van der Waals surface area (Å²) in [5, 5.41) is 10.0. The molecule has 40 heavy (non-hydrogen) atoms. The maximum Gasteiger partial charge on any atom is 0.410 e. The normalized spacial score (nSPS) is 21.0. The highest BCUT2D eigenvalue weighted by atomic mass is 16.6. The van der Waals surface area contributed by atoms with Gasteiger partial charge in [-0.25, -0.2) is 14.4 Å². The van der Waals surface area contributed by atoms with Gasteiger partial charge in [-0.3, -0.25) is 4.90 Å². The zero-order valence-electron chi connectivity index (χ0n) is 23.7. The predicted molar refractivity (Wildman–Crippen MR) is 151 cm³/mol. The molecular formula is C32H40N2O6. The molecule has 2 amide bonds. The van der Waals surface area contributed by atoms with Crippen LogP contribution in [0.3, 0.4) is 0 Å². The van der Waals surface area contributed by atoms with Crippen LogP contribution in [0.4, 0.5) is 9.59 Å². The second-order valence-corrected chi connectivity index (χ2v) is 12.3. The molecule has 1 saturated carbocycles. The number of benzene rings is 2. The van der Waals surface area contributed by atoms with E-state index in [4.69, 9.17) is 9.47 Å². The third kappa shape index (κ3) is 5.96. The summed E-state index contributed by atoms with van der Waals surface area (Å²) in [7, 11) is 0. The van der Waals surface area contributed by atoms with Gasteiger partial charge in [0.1, 0.15) is 18.2 Å². The van der Waals surface area contributed by atoms with E-state index in [1.165, 1.54) is 11.3 Å². The second-order valence-electron chi connectivity index (χ2n) is 12.3. The first-order valence-corrected chi connectivity index (χ1v) is 14.5. The number of nitrogens with zero attached hydrogens (tertiary/aromatic N) is 2. The van der Waals surface area contributed by atoms with Gasteiger partial charge < -0.3 is 19.5 Å². The summed E-state index contributed by atoms with van der Waals surface area (Å²) in [5.74, 6) is -0.881. The lowest BCUT2D eigenvalue weighted by Gasteiger charge is -2.35. The number of ether oxygens (including phenoxy) is 2. The van der Waals surface area contributed by atoms with Crippen LogP contribution in [0, 0.1) is 5.92 Å². The van der Waals surface area contributed by atoms with Crippen molar-refractivity contribution in [2.45, 2.75) is 82.9 Å². The summed E-state index contributed by atoms with van der Waals surface area (Å²) >= 11 is 0. The standard InChI is InChI=1S/C32H40N2O6/c1-32(2,3)40-31(38)33(18-21-11-5-4-6-12-21)22-17-28(29(35)36)34(19-22)30(37)39-20-27-25-15-9-7-13-23(25)24-14-8-10-16-26(24)27/h7-10,13-16,21-22,27-28H,4-6,11-12,17-20H2,1-3H3,(H,35,36)/t22-,28-/m0/s1. The van der Waals surface area contributed by atoms with Crippen LogP contribution < -0.4 is 0 Å². The molecule has 3 aliphatic rings. The Hall–Kier alpha value is -3.55. The van der Waals surface area contributed by atoms with Crippen molar-refractivity contribution in [2.75, 3.05) is 19.7 Å². The number of carboxylic acids is 1. The lowest BCUT2D eigenvalue weighted by atomic mass is 9.88. The average molecular weight is 549 g/mol. The molecule has 2 aliphatic carbocycles. The first-order valence-electron chi connectivity index (χ1n) is 14.5. The van der Waals surface area contributed by atoms with E-state index >= 15 is 0 Å². The van der Waals surface area contributed by atoms with E-state index in [9.17, 15) is 19.5 Å². The first kappa shape index (κ1) is 28.0. The number of hydrogen-bond acceptors (Lipinski definition) is 5. The molecule has 0 aromatic heterocycles. The minimum Gasteiger partial charge on any atom is -0.480 e. The second kappa shape index (κ2) is 11.5. The largest absolute Gasteiger partial charge is 0.480 e. The van der Waals surface area contributed by atoms with Crippen molar-refractivity contribution in [3.8, 4) is 11.1 Å². The molecule has 5 rings (SSSR count). The van der Waals surface area contributed by atoms with Gasteiger partial charge in [0, 0.05) is 25.4 Å². The molecule has 8 heteroatoms. The minimum absolute atomic E-state index is 0.0968. The number of aliphatic carboxylic acids is 1. The van der Waals surface area contributed by atoms with Crippen LogP contribution in [0.5, 0.6) is 0 Å². The van der Waals surface area contributed by atoms with Crippen molar-refractivity contribution in [1.29, 1.82) is 0 Å². The summed E-state index contributed by atoms with van der Waals surface area (Å²) in [5.41, 5.74) is 3.75. The summed E-state index contributed by atoms with van der Waals surface area (Å²) in [6, 6.07) is 14.6. The molecule has 1 N–H and O–H groups in total. The van der Waals surface area contributed by atoms with Gasteiger partial charge in [-0.2, -0.15) is 0 Å². The zero-order chi connectivity index (χ0) is 28.4. The molecule has 0 bridgehead atoms. The Morgan fingerprint density at radius 3 is 2.12 bits per heavy atom. The van der Waals surface area contributed by atoms with E-state index in [1.807, 2.05) is 57.2 Å².